The van der Waals surface area contributed by atoms with Gasteiger partial charge in [0.1, 0.15) is 18.8 Å². The maximum atomic E-state index is 12.1. The van der Waals surface area contributed by atoms with Crippen LogP contribution in [0.5, 0.6) is 0 Å². The summed E-state index contributed by atoms with van der Waals surface area (Å²) in [5.41, 5.74) is 0. The van der Waals surface area contributed by atoms with Crippen molar-refractivity contribution in [1.29, 1.82) is 0 Å². The van der Waals surface area contributed by atoms with Crippen molar-refractivity contribution in [3.05, 3.63) is 0 Å². The van der Waals surface area contributed by atoms with E-state index in [1.807, 2.05) is 0 Å². The molecule has 0 spiro atoms. The van der Waals surface area contributed by atoms with E-state index in [4.69, 9.17) is 30.5 Å². The van der Waals surface area contributed by atoms with Crippen molar-refractivity contribution in [2.24, 2.45) is 0 Å². The first-order valence-corrected chi connectivity index (χ1v) is 9.59. The SMILES string of the molecule is CC(=O)N[C@@H]1[C@@H](OC(C)=O)[C@H](OC(C)=O)[C@@H](COC(C)=O)O[C@H]1NC(=O)NCCCl. The molecular weight excluding hydrogens is 426 g/mol. The minimum Gasteiger partial charge on any atom is -0.463 e. The molecule has 1 saturated heterocycles. The van der Waals surface area contributed by atoms with Crippen molar-refractivity contribution in [3.8, 4) is 0 Å². The molecule has 3 N–H and O–H groups in total. The van der Waals surface area contributed by atoms with E-state index in [-0.39, 0.29) is 19.0 Å². The molecule has 1 rings (SSSR count). The number of esters is 3. The number of alkyl halides is 1. The van der Waals surface area contributed by atoms with Gasteiger partial charge >= 0.3 is 23.9 Å². The van der Waals surface area contributed by atoms with E-state index in [0.717, 1.165) is 13.8 Å². The second-order valence-electron chi connectivity index (χ2n) is 6.36. The van der Waals surface area contributed by atoms with Crippen molar-refractivity contribution in [3.63, 3.8) is 0 Å². The van der Waals surface area contributed by atoms with Gasteiger partial charge in [-0.05, 0) is 0 Å². The average molecular weight is 452 g/mol. The smallest absolute Gasteiger partial charge is 0.316 e. The number of urea groups is 1. The molecule has 30 heavy (non-hydrogen) atoms. The summed E-state index contributed by atoms with van der Waals surface area (Å²) in [5, 5.41) is 7.48. The van der Waals surface area contributed by atoms with Crippen molar-refractivity contribution in [1.82, 2.24) is 16.0 Å². The van der Waals surface area contributed by atoms with Crippen molar-refractivity contribution < 1.29 is 42.9 Å². The molecule has 5 atom stereocenters. The molecule has 13 heteroatoms. The quantitative estimate of drug-likeness (QED) is 0.243. The molecule has 0 aromatic rings. The minimum absolute atomic E-state index is 0.158. The number of carbonyl (C=O) groups is 5. The lowest BCUT2D eigenvalue weighted by Gasteiger charge is -2.45. The van der Waals surface area contributed by atoms with Gasteiger partial charge in [0.15, 0.2) is 18.4 Å². The third-order valence-corrected chi connectivity index (χ3v) is 3.96. The van der Waals surface area contributed by atoms with Crippen LogP contribution in [0.4, 0.5) is 4.79 Å². The summed E-state index contributed by atoms with van der Waals surface area (Å²) in [6.07, 6.45) is -4.80. The molecule has 0 unspecified atom stereocenters. The monoisotopic (exact) mass is 451 g/mol. The molecule has 0 aliphatic carbocycles. The minimum atomic E-state index is -1.25. The van der Waals surface area contributed by atoms with Crippen LogP contribution in [0.1, 0.15) is 27.7 Å². The normalized spacial score (nSPS) is 25.4. The Hall–Kier alpha value is -2.60. The third-order valence-electron chi connectivity index (χ3n) is 3.77. The largest absolute Gasteiger partial charge is 0.463 e. The van der Waals surface area contributed by atoms with Gasteiger partial charge in [0.05, 0.1) is 0 Å². The predicted octanol–water partition coefficient (Wildman–Crippen LogP) is -0.819. The lowest BCUT2D eigenvalue weighted by atomic mass is 9.95. The van der Waals surface area contributed by atoms with Gasteiger partial charge in [-0.25, -0.2) is 4.79 Å². The van der Waals surface area contributed by atoms with Crippen LogP contribution < -0.4 is 16.0 Å². The van der Waals surface area contributed by atoms with Gasteiger partial charge in [-0.3, -0.25) is 19.2 Å². The number of hydrogen-bond acceptors (Lipinski definition) is 9. The second-order valence-corrected chi connectivity index (χ2v) is 6.74. The summed E-state index contributed by atoms with van der Waals surface area (Å²) >= 11 is 5.54. The molecule has 0 saturated carbocycles. The van der Waals surface area contributed by atoms with Crippen molar-refractivity contribution in [2.45, 2.75) is 58.3 Å². The van der Waals surface area contributed by atoms with Gasteiger partial charge in [-0.1, -0.05) is 0 Å². The summed E-state index contributed by atoms with van der Waals surface area (Å²) in [4.78, 5) is 58.4. The molecule has 12 nitrogen and oxygen atoms in total. The van der Waals surface area contributed by atoms with Gasteiger partial charge in [-0.15, -0.1) is 11.6 Å². The molecule has 0 aromatic carbocycles. The van der Waals surface area contributed by atoms with Crippen LogP contribution in [-0.2, 0) is 38.1 Å². The Morgan fingerprint density at radius 3 is 2.00 bits per heavy atom. The number of amides is 3. The second kappa shape index (κ2) is 12.2. The highest BCUT2D eigenvalue weighted by Gasteiger charge is 2.51. The average Bonchev–Trinajstić information content (AvgIpc) is 2.62. The van der Waals surface area contributed by atoms with Gasteiger partial charge < -0.3 is 34.9 Å². The van der Waals surface area contributed by atoms with Gasteiger partial charge in [0, 0.05) is 40.1 Å². The first kappa shape index (κ1) is 25.4. The van der Waals surface area contributed by atoms with Crippen LogP contribution in [0.2, 0.25) is 0 Å². The predicted molar refractivity (Wildman–Crippen MR) is 101 cm³/mol. The topological polar surface area (TPSA) is 158 Å². The molecule has 1 aliphatic rings. The van der Waals surface area contributed by atoms with Crippen LogP contribution >= 0.6 is 11.6 Å². The maximum Gasteiger partial charge on any atom is 0.316 e. The molecule has 170 valence electrons. The zero-order valence-corrected chi connectivity index (χ0v) is 17.8. The first-order valence-electron chi connectivity index (χ1n) is 9.05. The van der Waals surface area contributed by atoms with E-state index in [0.29, 0.717) is 0 Å². The van der Waals surface area contributed by atoms with E-state index in [2.05, 4.69) is 16.0 Å². The Morgan fingerprint density at radius 2 is 1.50 bits per heavy atom. The maximum absolute atomic E-state index is 12.1. The fourth-order valence-corrected chi connectivity index (χ4v) is 2.89. The highest BCUT2D eigenvalue weighted by atomic mass is 35.5. The molecular formula is C17H26ClN3O9. The summed E-state index contributed by atoms with van der Waals surface area (Å²) < 4.78 is 21.3. The molecule has 0 bridgehead atoms. The number of ether oxygens (including phenoxy) is 4. The van der Waals surface area contributed by atoms with Crippen molar-refractivity contribution >= 4 is 41.4 Å². The highest BCUT2D eigenvalue weighted by molar-refractivity contribution is 6.18. The zero-order valence-electron chi connectivity index (χ0n) is 17.1. The third kappa shape index (κ3) is 8.41. The van der Waals surface area contributed by atoms with Crippen molar-refractivity contribution in [2.75, 3.05) is 19.0 Å². The summed E-state index contributed by atoms with van der Waals surface area (Å²) in [7, 11) is 0. The Bertz CT molecular complexity index is 660. The number of rotatable bonds is 8. The number of halogens is 1. The first-order chi connectivity index (χ1) is 14.0. The van der Waals surface area contributed by atoms with Gasteiger partial charge in [0.2, 0.25) is 5.91 Å². The zero-order chi connectivity index (χ0) is 22.8. The Morgan fingerprint density at radius 1 is 0.900 bits per heavy atom. The number of nitrogens with one attached hydrogen (secondary N) is 3. The van der Waals surface area contributed by atoms with Crippen LogP contribution in [-0.4, -0.2) is 79.5 Å². The van der Waals surface area contributed by atoms with E-state index < -0.39 is 60.4 Å². The molecule has 3 amide bonds. The summed E-state index contributed by atoms with van der Waals surface area (Å²) in [6.45, 7) is 4.43. The van der Waals surface area contributed by atoms with E-state index in [9.17, 15) is 24.0 Å². The number of carbonyl (C=O) groups excluding carboxylic acids is 5. The summed E-state index contributed by atoms with van der Waals surface area (Å²) in [6, 6.07) is -1.79. The fourth-order valence-electron chi connectivity index (χ4n) is 2.80. The molecule has 1 aliphatic heterocycles. The van der Waals surface area contributed by atoms with Crippen LogP contribution in [0.25, 0.3) is 0 Å². The van der Waals surface area contributed by atoms with Crippen LogP contribution in [0.15, 0.2) is 0 Å². The Labute approximate surface area is 178 Å². The summed E-state index contributed by atoms with van der Waals surface area (Å²) in [5.74, 6) is -2.44. The molecule has 1 fully saturated rings. The highest BCUT2D eigenvalue weighted by Crippen LogP contribution is 2.26. The lowest BCUT2D eigenvalue weighted by Crippen LogP contribution is -2.70. The Balaban J connectivity index is 3.27. The van der Waals surface area contributed by atoms with Crippen LogP contribution in [0, 0.1) is 0 Å². The van der Waals surface area contributed by atoms with Crippen LogP contribution in [0.3, 0.4) is 0 Å². The standard InChI is InChI=1S/C17H26ClN3O9/c1-8(22)20-13-15(29-11(4)25)14(28-10(3)24)12(7-27-9(2)23)30-16(13)21-17(26)19-6-5-18/h12-16H,5-7H2,1-4H3,(H,20,22)(H2,19,21,26)/t12-,13-,14-,15-,16-/m1/s1. The van der Waals surface area contributed by atoms with Gasteiger partial charge in [0.25, 0.3) is 0 Å². The molecule has 0 aromatic heterocycles. The van der Waals surface area contributed by atoms with E-state index >= 15 is 0 Å². The van der Waals surface area contributed by atoms with E-state index in [1.54, 1.807) is 0 Å². The fraction of sp³-hybridized carbons (Fsp3) is 0.706. The molecule has 0 radical (unpaired) electrons. The lowest BCUT2D eigenvalue weighted by molar-refractivity contribution is -0.226. The van der Waals surface area contributed by atoms with Gasteiger partial charge in [-0.2, -0.15) is 0 Å². The number of hydrogen-bond donors (Lipinski definition) is 3. The molecule has 1 heterocycles. The van der Waals surface area contributed by atoms with E-state index in [1.165, 1.54) is 13.8 Å². The Kier molecular flexibility index (Phi) is 10.3.